The van der Waals surface area contributed by atoms with E-state index < -0.39 is 12.1 Å². The van der Waals surface area contributed by atoms with Crippen LogP contribution in [0.15, 0.2) is 30.3 Å². The maximum absolute atomic E-state index is 12.0. The van der Waals surface area contributed by atoms with Crippen molar-refractivity contribution in [1.82, 2.24) is 10.2 Å². The number of rotatable bonds is 4. The van der Waals surface area contributed by atoms with Gasteiger partial charge in [-0.15, -0.1) is 0 Å². The Morgan fingerprint density at radius 3 is 2.80 bits per heavy atom. The molecule has 0 aliphatic carbocycles. The average Bonchev–Trinajstić information content (AvgIpc) is 2.96. The first-order valence-corrected chi connectivity index (χ1v) is 6.76. The summed E-state index contributed by atoms with van der Waals surface area (Å²) in [5.41, 5.74) is 0.929. The minimum atomic E-state index is -0.435. The zero-order valence-electron chi connectivity index (χ0n) is 11.4. The molecule has 0 bridgehead atoms. The second-order valence-corrected chi connectivity index (χ2v) is 4.68. The van der Waals surface area contributed by atoms with Crippen molar-refractivity contribution in [3.8, 4) is 0 Å². The Labute approximate surface area is 118 Å². The van der Waals surface area contributed by atoms with Gasteiger partial charge in [0.05, 0.1) is 0 Å². The van der Waals surface area contributed by atoms with Crippen molar-refractivity contribution < 1.29 is 14.3 Å². The zero-order valence-corrected chi connectivity index (χ0v) is 11.4. The van der Waals surface area contributed by atoms with Crippen LogP contribution in [0.5, 0.6) is 0 Å². The molecule has 1 aliphatic heterocycles. The van der Waals surface area contributed by atoms with Crippen LogP contribution in [0.2, 0.25) is 0 Å². The fraction of sp³-hybridized carbons (Fsp3) is 0.400. The van der Waals surface area contributed by atoms with Crippen molar-refractivity contribution in [1.29, 1.82) is 0 Å². The Morgan fingerprint density at radius 1 is 1.35 bits per heavy atom. The highest BCUT2D eigenvalue weighted by Gasteiger charge is 2.34. The number of hydrogen-bond acceptors (Lipinski definition) is 3. The molecule has 1 N–H and O–H groups in total. The summed E-state index contributed by atoms with van der Waals surface area (Å²) in [6, 6.07) is 9.05. The fourth-order valence-electron chi connectivity index (χ4n) is 2.30. The van der Waals surface area contributed by atoms with Crippen LogP contribution in [-0.2, 0) is 16.1 Å². The lowest BCUT2D eigenvalue weighted by molar-refractivity contribution is -0.124. The molecule has 2 amide bonds. The topological polar surface area (TPSA) is 58.6 Å². The summed E-state index contributed by atoms with van der Waals surface area (Å²) in [5.74, 6) is -0.158. The van der Waals surface area contributed by atoms with Crippen LogP contribution in [0.25, 0.3) is 0 Å². The molecular formula is C15H19N2O3. The van der Waals surface area contributed by atoms with E-state index in [9.17, 15) is 9.59 Å². The van der Waals surface area contributed by atoms with Gasteiger partial charge in [-0.1, -0.05) is 30.3 Å². The normalized spacial score (nSPS) is 17.9. The highest BCUT2D eigenvalue weighted by Crippen LogP contribution is 2.19. The van der Waals surface area contributed by atoms with E-state index in [1.54, 1.807) is 0 Å². The van der Waals surface area contributed by atoms with Crippen LogP contribution in [0.1, 0.15) is 18.4 Å². The van der Waals surface area contributed by atoms with Gasteiger partial charge < -0.3 is 10.1 Å². The van der Waals surface area contributed by atoms with E-state index in [0.717, 1.165) is 12.0 Å². The standard InChI is InChI=1S/C15H19N2O3/c1-2-16-14(18)13-9-6-10-17(13)15(19)20-11-12-7-4-3-5-8-12/h3-5,7-8,13H,1-2,6,9-11H2,(H,16,18). The molecular weight excluding hydrogens is 256 g/mol. The van der Waals surface area contributed by atoms with Crippen LogP contribution < -0.4 is 5.32 Å². The molecule has 5 nitrogen and oxygen atoms in total. The van der Waals surface area contributed by atoms with Gasteiger partial charge in [-0.05, 0) is 25.3 Å². The molecule has 1 aliphatic rings. The van der Waals surface area contributed by atoms with Gasteiger partial charge in [0.25, 0.3) is 0 Å². The van der Waals surface area contributed by atoms with Crippen LogP contribution in [0.3, 0.4) is 0 Å². The van der Waals surface area contributed by atoms with Gasteiger partial charge >= 0.3 is 6.09 Å². The molecule has 1 aromatic carbocycles. The quantitative estimate of drug-likeness (QED) is 0.910. The minimum Gasteiger partial charge on any atom is -0.445 e. The molecule has 107 valence electrons. The molecule has 1 radical (unpaired) electrons. The van der Waals surface area contributed by atoms with E-state index in [2.05, 4.69) is 12.2 Å². The number of carbonyl (C=O) groups is 2. The van der Waals surface area contributed by atoms with Crippen molar-refractivity contribution in [2.24, 2.45) is 0 Å². The maximum atomic E-state index is 12.0. The molecule has 1 atom stereocenters. The first-order valence-electron chi connectivity index (χ1n) is 6.76. The van der Waals surface area contributed by atoms with Gasteiger partial charge in [0, 0.05) is 13.1 Å². The lowest BCUT2D eigenvalue weighted by atomic mass is 10.2. The molecule has 1 unspecified atom stereocenters. The smallest absolute Gasteiger partial charge is 0.410 e. The molecule has 0 aromatic heterocycles. The second kappa shape index (κ2) is 6.93. The average molecular weight is 275 g/mol. The first-order chi connectivity index (χ1) is 9.72. The van der Waals surface area contributed by atoms with Gasteiger partial charge in [-0.2, -0.15) is 0 Å². The highest BCUT2D eigenvalue weighted by molar-refractivity contribution is 5.86. The third-order valence-corrected chi connectivity index (χ3v) is 3.29. The second-order valence-electron chi connectivity index (χ2n) is 4.68. The van der Waals surface area contributed by atoms with Crippen LogP contribution in [0.4, 0.5) is 4.79 Å². The number of amides is 2. The van der Waals surface area contributed by atoms with Gasteiger partial charge in [0.1, 0.15) is 12.6 Å². The minimum absolute atomic E-state index is 0.158. The van der Waals surface area contributed by atoms with E-state index in [1.807, 2.05) is 30.3 Å². The first kappa shape index (κ1) is 14.4. The number of hydrogen-bond donors (Lipinski definition) is 1. The molecule has 1 fully saturated rings. The molecule has 2 rings (SSSR count). The molecule has 1 aromatic rings. The van der Waals surface area contributed by atoms with E-state index >= 15 is 0 Å². The maximum Gasteiger partial charge on any atom is 0.410 e. The predicted molar refractivity (Wildman–Crippen MR) is 74.7 cm³/mol. The largest absolute Gasteiger partial charge is 0.445 e. The number of ether oxygens (including phenoxy) is 1. The molecule has 5 heteroatoms. The van der Waals surface area contributed by atoms with Crippen LogP contribution >= 0.6 is 0 Å². The van der Waals surface area contributed by atoms with Crippen molar-refractivity contribution in [2.75, 3.05) is 13.1 Å². The summed E-state index contributed by atoms with van der Waals surface area (Å²) in [6.45, 7) is 4.68. The fourth-order valence-corrected chi connectivity index (χ4v) is 2.30. The van der Waals surface area contributed by atoms with Crippen molar-refractivity contribution in [3.63, 3.8) is 0 Å². The molecule has 0 saturated carbocycles. The van der Waals surface area contributed by atoms with E-state index in [4.69, 9.17) is 4.74 Å². The van der Waals surface area contributed by atoms with Crippen molar-refractivity contribution in [3.05, 3.63) is 42.8 Å². The van der Waals surface area contributed by atoms with Gasteiger partial charge in [-0.25, -0.2) is 4.79 Å². The third-order valence-electron chi connectivity index (χ3n) is 3.29. The summed E-state index contributed by atoms with van der Waals surface area (Å²) < 4.78 is 5.26. The summed E-state index contributed by atoms with van der Waals surface area (Å²) in [4.78, 5) is 25.4. The van der Waals surface area contributed by atoms with E-state index in [0.29, 0.717) is 19.5 Å². The Morgan fingerprint density at radius 2 is 2.10 bits per heavy atom. The Balaban J connectivity index is 1.89. The van der Waals surface area contributed by atoms with Gasteiger partial charge in [0.2, 0.25) is 5.91 Å². The summed E-state index contributed by atoms with van der Waals surface area (Å²) in [6.07, 6.45) is 1.05. The SMILES string of the molecule is [CH2]CNC(=O)C1CCCN1C(=O)OCc1ccccc1. The number of nitrogens with one attached hydrogen (secondary N) is 1. The van der Waals surface area contributed by atoms with Gasteiger partial charge in [-0.3, -0.25) is 9.69 Å². The number of benzene rings is 1. The van der Waals surface area contributed by atoms with Gasteiger partial charge in [0.15, 0.2) is 0 Å². The number of carbonyl (C=O) groups excluding carboxylic acids is 2. The summed E-state index contributed by atoms with van der Waals surface area (Å²) in [7, 11) is 0. The monoisotopic (exact) mass is 275 g/mol. The Hall–Kier alpha value is -2.04. The Bertz CT molecular complexity index is 461. The van der Waals surface area contributed by atoms with Crippen molar-refractivity contribution in [2.45, 2.75) is 25.5 Å². The Kier molecular flexibility index (Phi) is 4.98. The highest BCUT2D eigenvalue weighted by atomic mass is 16.6. The summed E-state index contributed by atoms with van der Waals surface area (Å²) in [5, 5.41) is 2.65. The number of nitrogens with zero attached hydrogens (tertiary/aromatic N) is 1. The predicted octanol–water partition coefficient (Wildman–Crippen LogP) is 1.74. The molecule has 1 saturated heterocycles. The van der Waals surface area contributed by atoms with E-state index in [1.165, 1.54) is 4.90 Å². The van der Waals surface area contributed by atoms with Crippen LogP contribution in [-0.4, -0.2) is 36.0 Å². The third kappa shape index (κ3) is 3.50. The zero-order chi connectivity index (χ0) is 14.4. The number of likely N-dealkylation sites (tertiary alicyclic amines) is 1. The molecule has 0 spiro atoms. The molecule has 20 heavy (non-hydrogen) atoms. The summed E-state index contributed by atoms with van der Waals surface area (Å²) >= 11 is 0. The van der Waals surface area contributed by atoms with Crippen LogP contribution in [0, 0.1) is 6.92 Å². The van der Waals surface area contributed by atoms with E-state index in [-0.39, 0.29) is 12.5 Å². The van der Waals surface area contributed by atoms with Crippen molar-refractivity contribution >= 4 is 12.0 Å². The lowest BCUT2D eigenvalue weighted by Crippen LogP contribution is -2.46. The lowest BCUT2D eigenvalue weighted by Gasteiger charge is -2.23. The molecule has 1 heterocycles.